The SMILES string of the molecule is CN(C(N)=NCC(O)c1ccc(Cl)cc1)C1CC1.I. The third kappa shape index (κ3) is 4.81. The Bertz CT molecular complexity index is 434. The van der Waals surface area contributed by atoms with Gasteiger partial charge in [-0.2, -0.15) is 0 Å². The minimum Gasteiger partial charge on any atom is -0.386 e. The summed E-state index contributed by atoms with van der Waals surface area (Å²) in [7, 11) is 1.94. The van der Waals surface area contributed by atoms with Crippen molar-refractivity contribution in [3.8, 4) is 0 Å². The number of benzene rings is 1. The van der Waals surface area contributed by atoms with Crippen molar-refractivity contribution in [3.63, 3.8) is 0 Å². The van der Waals surface area contributed by atoms with Crippen molar-refractivity contribution in [2.75, 3.05) is 13.6 Å². The van der Waals surface area contributed by atoms with E-state index in [2.05, 4.69) is 4.99 Å². The van der Waals surface area contributed by atoms with Gasteiger partial charge in [-0.1, -0.05) is 23.7 Å². The van der Waals surface area contributed by atoms with Crippen LogP contribution in [0.3, 0.4) is 0 Å². The Labute approximate surface area is 135 Å². The molecule has 3 N–H and O–H groups in total. The molecule has 6 heteroatoms. The number of nitrogens with two attached hydrogens (primary N) is 1. The molecule has 1 fully saturated rings. The van der Waals surface area contributed by atoms with Crippen molar-refractivity contribution in [1.29, 1.82) is 0 Å². The fraction of sp³-hybridized carbons (Fsp3) is 0.462. The molecule has 0 aromatic heterocycles. The molecule has 106 valence electrons. The lowest BCUT2D eigenvalue weighted by molar-refractivity contribution is 0.187. The van der Waals surface area contributed by atoms with Crippen LogP contribution < -0.4 is 5.73 Å². The van der Waals surface area contributed by atoms with Crippen LogP contribution in [0.25, 0.3) is 0 Å². The number of guanidine groups is 1. The maximum absolute atomic E-state index is 9.97. The van der Waals surface area contributed by atoms with Gasteiger partial charge >= 0.3 is 0 Å². The number of aliphatic hydroxyl groups is 1. The van der Waals surface area contributed by atoms with Gasteiger partial charge in [0.2, 0.25) is 0 Å². The van der Waals surface area contributed by atoms with Crippen LogP contribution in [0.2, 0.25) is 5.02 Å². The molecule has 4 nitrogen and oxygen atoms in total. The normalized spacial score (nSPS) is 16.7. The number of halogens is 2. The molecule has 19 heavy (non-hydrogen) atoms. The zero-order chi connectivity index (χ0) is 13.1. The molecule has 1 aromatic carbocycles. The first-order valence-electron chi connectivity index (χ1n) is 6.04. The molecular weight excluding hydrogens is 377 g/mol. The van der Waals surface area contributed by atoms with E-state index < -0.39 is 6.10 Å². The van der Waals surface area contributed by atoms with Gasteiger partial charge in [0.15, 0.2) is 5.96 Å². The third-order valence-corrected chi connectivity index (χ3v) is 3.39. The van der Waals surface area contributed by atoms with Crippen LogP contribution in [0.5, 0.6) is 0 Å². The van der Waals surface area contributed by atoms with Crippen LogP contribution in [-0.2, 0) is 0 Å². The van der Waals surface area contributed by atoms with Gasteiger partial charge in [-0.25, -0.2) is 0 Å². The molecule has 0 heterocycles. The van der Waals surface area contributed by atoms with Crippen LogP contribution >= 0.6 is 35.6 Å². The first-order valence-corrected chi connectivity index (χ1v) is 6.42. The summed E-state index contributed by atoms with van der Waals surface area (Å²) in [6, 6.07) is 7.63. The molecule has 0 saturated heterocycles. The topological polar surface area (TPSA) is 61.8 Å². The summed E-state index contributed by atoms with van der Waals surface area (Å²) >= 11 is 5.79. The number of hydrogen-bond donors (Lipinski definition) is 2. The van der Waals surface area contributed by atoms with Crippen molar-refractivity contribution in [1.82, 2.24) is 4.90 Å². The largest absolute Gasteiger partial charge is 0.386 e. The first kappa shape index (κ1) is 16.5. The van der Waals surface area contributed by atoms with Gasteiger partial charge in [-0.3, -0.25) is 4.99 Å². The summed E-state index contributed by atoms with van der Waals surface area (Å²) < 4.78 is 0. The fourth-order valence-electron chi connectivity index (χ4n) is 1.73. The highest BCUT2D eigenvalue weighted by atomic mass is 127. The Morgan fingerprint density at radius 2 is 2.05 bits per heavy atom. The second-order valence-electron chi connectivity index (χ2n) is 4.61. The second kappa shape index (κ2) is 7.31. The van der Waals surface area contributed by atoms with Crippen molar-refractivity contribution in [2.24, 2.45) is 10.7 Å². The van der Waals surface area contributed by atoms with Gasteiger partial charge in [0.05, 0.1) is 12.6 Å². The van der Waals surface area contributed by atoms with Crippen molar-refractivity contribution in [2.45, 2.75) is 25.0 Å². The maximum atomic E-state index is 9.97. The van der Waals surface area contributed by atoms with Crippen LogP contribution in [0, 0.1) is 0 Å². The Kier molecular flexibility index (Phi) is 6.35. The molecule has 1 aliphatic carbocycles. The van der Waals surface area contributed by atoms with E-state index in [-0.39, 0.29) is 30.5 Å². The fourth-order valence-corrected chi connectivity index (χ4v) is 1.86. The second-order valence-corrected chi connectivity index (χ2v) is 5.04. The van der Waals surface area contributed by atoms with E-state index in [0.717, 1.165) is 5.56 Å². The lowest BCUT2D eigenvalue weighted by atomic mass is 10.1. The molecule has 0 amide bonds. The standard InChI is InChI=1S/C13H18ClN3O.HI/c1-17(11-6-7-11)13(15)16-8-12(18)9-2-4-10(14)5-3-9;/h2-5,11-12,18H,6-8H2,1H3,(H2,15,16);1H. The monoisotopic (exact) mass is 395 g/mol. The number of nitrogens with zero attached hydrogens (tertiary/aromatic N) is 2. The van der Waals surface area contributed by atoms with E-state index >= 15 is 0 Å². The summed E-state index contributed by atoms with van der Waals surface area (Å²) in [6.45, 7) is 0.268. The molecule has 1 atom stereocenters. The number of rotatable bonds is 4. The summed E-state index contributed by atoms with van der Waals surface area (Å²) in [5.74, 6) is 0.491. The van der Waals surface area contributed by atoms with Crippen LogP contribution in [0.15, 0.2) is 29.3 Å². The molecule has 1 unspecified atom stereocenters. The van der Waals surface area contributed by atoms with E-state index in [1.54, 1.807) is 24.3 Å². The van der Waals surface area contributed by atoms with E-state index in [0.29, 0.717) is 17.0 Å². The van der Waals surface area contributed by atoms with Crippen molar-refractivity contribution >= 4 is 41.5 Å². The predicted octanol–water partition coefficient (Wildman–Crippen LogP) is 2.40. The Hall–Kier alpha value is -0.530. The van der Waals surface area contributed by atoms with Gasteiger partial charge < -0.3 is 15.7 Å². The highest BCUT2D eigenvalue weighted by Crippen LogP contribution is 2.25. The van der Waals surface area contributed by atoms with Gasteiger partial charge in [0.1, 0.15) is 0 Å². The molecule has 0 bridgehead atoms. The minimum absolute atomic E-state index is 0. The van der Waals surface area contributed by atoms with Gasteiger partial charge in [-0.15, -0.1) is 24.0 Å². The van der Waals surface area contributed by atoms with E-state index in [9.17, 15) is 5.11 Å². The molecule has 0 radical (unpaired) electrons. The van der Waals surface area contributed by atoms with Crippen molar-refractivity contribution < 1.29 is 5.11 Å². The zero-order valence-corrected chi connectivity index (χ0v) is 13.9. The number of aliphatic hydroxyl groups excluding tert-OH is 1. The highest BCUT2D eigenvalue weighted by Gasteiger charge is 2.27. The first-order chi connectivity index (χ1) is 8.58. The highest BCUT2D eigenvalue weighted by molar-refractivity contribution is 14.0. The van der Waals surface area contributed by atoms with Gasteiger partial charge in [-0.05, 0) is 30.5 Å². The van der Waals surface area contributed by atoms with Gasteiger partial charge in [0, 0.05) is 18.1 Å². The summed E-state index contributed by atoms with van der Waals surface area (Å²) in [6.07, 6.45) is 1.70. The number of hydrogen-bond acceptors (Lipinski definition) is 2. The molecule has 0 spiro atoms. The zero-order valence-electron chi connectivity index (χ0n) is 10.8. The Balaban J connectivity index is 0.00000180. The lowest BCUT2D eigenvalue weighted by Gasteiger charge is -2.17. The van der Waals surface area contributed by atoms with Crippen LogP contribution in [0.1, 0.15) is 24.5 Å². The predicted molar refractivity (Wildman–Crippen MR) is 89.1 cm³/mol. The Morgan fingerprint density at radius 3 is 2.58 bits per heavy atom. The average molecular weight is 396 g/mol. The van der Waals surface area contributed by atoms with Crippen molar-refractivity contribution in [3.05, 3.63) is 34.9 Å². The van der Waals surface area contributed by atoms with Crippen LogP contribution in [-0.4, -0.2) is 35.6 Å². The average Bonchev–Trinajstić information content (AvgIpc) is 3.19. The van der Waals surface area contributed by atoms with E-state index in [1.165, 1.54) is 12.8 Å². The Morgan fingerprint density at radius 1 is 1.47 bits per heavy atom. The van der Waals surface area contributed by atoms with Crippen LogP contribution in [0.4, 0.5) is 0 Å². The summed E-state index contributed by atoms with van der Waals surface area (Å²) in [5.41, 5.74) is 6.65. The number of aliphatic imine (C=N–C) groups is 1. The smallest absolute Gasteiger partial charge is 0.191 e. The quantitative estimate of drug-likeness (QED) is 0.467. The molecule has 1 saturated carbocycles. The van der Waals surface area contributed by atoms with Gasteiger partial charge in [0.25, 0.3) is 0 Å². The third-order valence-electron chi connectivity index (χ3n) is 3.14. The molecule has 1 aromatic rings. The lowest BCUT2D eigenvalue weighted by Crippen LogP contribution is -2.36. The summed E-state index contributed by atoms with van der Waals surface area (Å²) in [4.78, 5) is 6.19. The molecule has 0 aliphatic heterocycles. The molecule has 2 rings (SSSR count). The van der Waals surface area contributed by atoms with E-state index in [4.69, 9.17) is 17.3 Å². The molecular formula is C13H19ClIN3O. The molecule has 1 aliphatic rings. The minimum atomic E-state index is -0.645. The summed E-state index contributed by atoms with van der Waals surface area (Å²) in [5, 5.41) is 10.6. The van der Waals surface area contributed by atoms with E-state index in [1.807, 2.05) is 11.9 Å². The maximum Gasteiger partial charge on any atom is 0.191 e.